The molecule has 8 heterocycles. The maximum Gasteiger partial charge on any atom is 0.253 e. The van der Waals surface area contributed by atoms with E-state index in [2.05, 4.69) is 80.0 Å². The van der Waals surface area contributed by atoms with Crippen LogP contribution in [0.2, 0.25) is 0 Å². The molecule has 6 saturated heterocycles. The van der Waals surface area contributed by atoms with Crippen molar-refractivity contribution in [1.29, 1.82) is 0 Å². The third-order valence-corrected chi connectivity index (χ3v) is 12.6. The van der Waals surface area contributed by atoms with Gasteiger partial charge in [0.2, 0.25) is 0 Å². The number of fused-ring (bicyclic) bond motifs is 8. The lowest BCUT2D eigenvalue weighted by atomic mass is 9.72. The van der Waals surface area contributed by atoms with Crippen LogP contribution in [-0.2, 0) is 0 Å². The van der Waals surface area contributed by atoms with Gasteiger partial charge >= 0.3 is 0 Å². The highest BCUT2D eigenvalue weighted by Crippen LogP contribution is 2.46. The molecule has 8 heteroatoms. The highest BCUT2D eigenvalue weighted by Gasteiger charge is 2.46. The summed E-state index contributed by atoms with van der Waals surface area (Å²) in [6.07, 6.45) is 12.3. The first-order valence-corrected chi connectivity index (χ1v) is 18.3. The number of anilines is 2. The molecule has 50 heavy (non-hydrogen) atoms. The van der Waals surface area contributed by atoms with Crippen molar-refractivity contribution >= 4 is 33.2 Å². The minimum Gasteiger partial charge on any atom is -0.372 e. The van der Waals surface area contributed by atoms with Gasteiger partial charge in [-0.25, -0.2) is 0 Å². The normalized spacial score (nSPS) is 29.9. The van der Waals surface area contributed by atoms with Crippen LogP contribution in [0.5, 0.6) is 0 Å². The van der Waals surface area contributed by atoms with Crippen molar-refractivity contribution in [1.82, 2.24) is 19.8 Å². The van der Waals surface area contributed by atoms with E-state index in [1.165, 1.54) is 0 Å². The quantitative estimate of drug-likeness (QED) is 0.130. The van der Waals surface area contributed by atoms with E-state index in [-0.39, 0.29) is 24.2 Å². The molecule has 5 aromatic rings. The Kier molecular flexibility index (Phi) is 7.89. The zero-order chi connectivity index (χ0) is 33.9. The van der Waals surface area contributed by atoms with Crippen LogP contribution in [0.3, 0.4) is 0 Å². The van der Waals surface area contributed by atoms with E-state index < -0.39 is 10.9 Å². The molecule has 10 atom stereocenters. The zero-order valence-electron chi connectivity index (χ0n) is 28.4. The van der Waals surface area contributed by atoms with Gasteiger partial charge in [-0.05, 0) is 97.8 Å². The molecule has 0 amide bonds. The molecule has 6 unspecified atom stereocenters. The Hall–Kier alpha value is -4.66. The molecule has 0 saturated carbocycles. The van der Waals surface area contributed by atoms with Crippen molar-refractivity contribution in [3.8, 4) is 0 Å². The minimum atomic E-state index is -0.452. The number of rotatable bonds is 10. The third kappa shape index (κ3) is 5.11. The molecule has 6 fully saturated rings. The Morgan fingerprint density at radius 1 is 0.660 bits per heavy atom. The Balaban J connectivity index is 1.12. The van der Waals surface area contributed by atoms with Crippen molar-refractivity contribution in [2.45, 2.75) is 49.9 Å². The van der Waals surface area contributed by atoms with Gasteiger partial charge in [0.25, 0.3) is 10.9 Å². The lowest BCUT2D eigenvalue weighted by molar-refractivity contribution is 0.0102. The fourth-order valence-electron chi connectivity index (χ4n) is 9.97. The van der Waals surface area contributed by atoms with Crippen LogP contribution in [0.4, 0.5) is 11.4 Å². The van der Waals surface area contributed by atoms with E-state index in [0.717, 1.165) is 84.8 Å². The lowest BCUT2D eigenvalue weighted by Crippen LogP contribution is -2.57. The fourth-order valence-corrected chi connectivity index (χ4v) is 9.97. The van der Waals surface area contributed by atoms with Gasteiger partial charge in [0.1, 0.15) is 11.4 Å². The molecule has 3 aromatic carbocycles. The number of pyridine rings is 2. The zero-order valence-corrected chi connectivity index (χ0v) is 28.4. The molecular weight excluding hydrogens is 621 g/mol. The van der Waals surface area contributed by atoms with Crippen molar-refractivity contribution in [3.63, 3.8) is 0 Å². The highest BCUT2D eigenvalue weighted by molar-refractivity contribution is 5.85. The molecule has 4 bridgehead atoms. The molecular formula is C42H44N6O2. The molecule has 0 radical (unpaired) electrons. The number of piperidine rings is 6. The molecule has 2 aromatic heterocycles. The van der Waals surface area contributed by atoms with Crippen molar-refractivity contribution in [3.05, 3.63) is 130 Å². The van der Waals surface area contributed by atoms with Crippen LogP contribution in [0.15, 0.2) is 108 Å². The highest BCUT2D eigenvalue weighted by atomic mass is 16.2. The largest absolute Gasteiger partial charge is 0.372 e. The van der Waals surface area contributed by atoms with Gasteiger partial charge in [0, 0.05) is 48.3 Å². The number of para-hydroxylation sites is 2. The molecule has 2 N–H and O–H groups in total. The van der Waals surface area contributed by atoms with E-state index in [1.807, 2.05) is 48.8 Å². The number of aromatic nitrogens is 2. The van der Waals surface area contributed by atoms with Gasteiger partial charge in [-0.15, -0.1) is 13.2 Å². The maximum absolute atomic E-state index is 13.7. The van der Waals surface area contributed by atoms with Gasteiger partial charge in [-0.2, -0.15) is 0 Å². The van der Waals surface area contributed by atoms with Crippen molar-refractivity contribution in [2.75, 3.05) is 36.8 Å². The first kappa shape index (κ1) is 31.3. The van der Waals surface area contributed by atoms with E-state index in [0.29, 0.717) is 35.0 Å². The summed E-state index contributed by atoms with van der Waals surface area (Å²) in [5.41, 5.74) is 3.93. The smallest absolute Gasteiger partial charge is 0.253 e. The summed E-state index contributed by atoms with van der Waals surface area (Å²) >= 11 is 0. The first-order valence-electron chi connectivity index (χ1n) is 18.3. The number of benzene rings is 2. The van der Waals surface area contributed by atoms with Gasteiger partial charge < -0.3 is 10.6 Å². The fraction of sp³-hybridized carbons (Fsp3) is 0.381. The van der Waals surface area contributed by atoms with E-state index in [1.54, 1.807) is 0 Å². The summed E-state index contributed by atoms with van der Waals surface area (Å²) < 4.78 is 0. The number of nitrogens with zero attached hydrogens (tertiary/aromatic N) is 4. The predicted octanol–water partition coefficient (Wildman–Crippen LogP) is 6.48. The maximum atomic E-state index is 13.7. The summed E-state index contributed by atoms with van der Waals surface area (Å²) in [5.74, 6) is 2.03. The molecule has 8 nitrogen and oxygen atoms in total. The molecule has 0 aliphatic carbocycles. The number of nitrogens with one attached hydrogen (secondary N) is 2. The second-order valence-electron chi connectivity index (χ2n) is 15.0. The average Bonchev–Trinajstić information content (AvgIpc) is 3.19. The number of hydrogen-bond acceptors (Lipinski definition) is 8. The van der Waals surface area contributed by atoms with Gasteiger partial charge in [0.15, 0.2) is 0 Å². The third-order valence-electron chi connectivity index (χ3n) is 12.6. The van der Waals surface area contributed by atoms with Gasteiger partial charge in [0.05, 0.1) is 23.1 Å². The molecule has 6 aliphatic heterocycles. The second-order valence-corrected chi connectivity index (χ2v) is 15.0. The molecule has 11 rings (SSSR count). The van der Waals surface area contributed by atoms with E-state index in [4.69, 9.17) is 0 Å². The van der Waals surface area contributed by atoms with Gasteiger partial charge in [-0.1, -0.05) is 48.6 Å². The van der Waals surface area contributed by atoms with Crippen LogP contribution in [0.1, 0.15) is 48.9 Å². The Bertz CT molecular complexity index is 2010. The standard InChI is InChI=1S/C42H44N6O2/c1-3-25-23-47-19-15-27(25)21-35(47)37(31-13-17-43-33-11-7-5-9-29(31)33)45-39-40(42(50)41(39)49)46-38(32-14-18-44-34-12-8-6-10-30(32)34)36-22-28-16-20-48(36)24-26(28)4-2/h3-14,17-18,25-28,35-38,45-46H,1-2,15-16,19-24H2/t25?,26?,27?,28?,35-,36-,37-,38-/m1/s1. The van der Waals surface area contributed by atoms with Crippen molar-refractivity contribution in [2.24, 2.45) is 23.7 Å². The predicted molar refractivity (Wildman–Crippen MR) is 201 cm³/mol. The average molecular weight is 665 g/mol. The van der Waals surface area contributed by atoms with Crippen LogP contribution in [0, 0.1) is 23.7 Å². The van der Waals surface area contributed by atoms with E-state index in [9.17, 15) is 9.59 Å². The first-order chi connectivity index (χ1) is 24.5. The summed E-state index contributed by atoms with van der Waals surface area (Å²) in [7, 11) is 0. The Morgan fingerprint density at radius 3 is 1.50 bits per heavy atom. The van der Waals surface area contributed by atoms with Gasteiger partial charge in [-0.3, -0.25) is 29.4 Å². The Labute approximate surface area is 292 Å². The summed E-state index contributed by atoms with van der Waals surface area (Å²) in [5, 5.41) is 9.60. The molecule has 254 valence electrons. The summed E-state index contributed by atoms with van der Waals surface area (Å²) in [4.78, 5) is 41.8. The van der Waals surface area contributed by atoms with E-state index >= 15 is 0 Å². The minimum absolute atomic E-state index is 0.156. The summed E-state index contributed by atoms with van der Waals surface area (Å²) in [6, 6.07) is 20.5. The van der Waals surface area contributed by atoms with Crippen LogP contribution >= 0.6 is 0 Å². The topological polar surface area (TPSA) is 90.5 Å². The molecule has 0 spiro atoms. The molecule has 6 aliphatic rings. The number of hydrogen-bond donors (Lipinski definition) is 2. The monoisotopic (exact) mass is 664 g/mol. The summed E-state index contributed by atoms with van der Waals surface area (Å²) in [6.45, 7) is 12.2. The Morgan fingerprint density at radius 2 is 1.10 bits per heavy atom. The lowest BCUT2D eigenvalue weighted by Gasteiger charge is -2.52. The van der Waals surface area contributed by atoms with Crippen LogP contribution < -0.4 is 21.5 Å². The second kappa shape index (κ2) is 12.6. The SMILES string of the molecule is C=CC1CN2CCC1C[C@@H]2[C@H](Nc1c(N[C@H](c2ccnc3ccccc23)[C@H]2CC3CCN2CC3C=C)c(=O)c1=O)c1ccnc2ccccc12. The van der Waals surface area contributed by atoms with Crippen molar-refractivity contribution < 1.29 is 0 Å². The van der Waals surface area contributed by atoms with Crippen LogP contribution in [0.25, 0.3) is 21.8 Å². The van der Waals surface area contributed by atoms with Crippen LogP contribution in [-0.4, -0.2) is 58.0 Å².